The van der Waals surface area contributed by atoms with Crippen molar-refractivity contribution in [2.24, 2.45) is 16.5 Å². The molecule has 5 nitrogen and oxygen atoms in total. The van der Waals surface area contributed by atoms with Crippen molar-refractivity contribution in [1.29, 1.82) is 0 Å². The van der Waals surface area contributed by atoms with Gasteiger partial charge < -0.3 is 10.7 Å². The fourth-order valence-corrected chi connectivity index (χ4v) is 2.36. The standard InChI is InChI=1S/C17H16N4.CH5N/c1-20-10-11-2-4-12(5-3-11)15-8-13-6-7-14(17(18)19)9-16(13)21-15;1-2/h2-10,21H,1H3,(H3,18,19);2H2,1H3/p+1. The number of nitrogens with one attached hydrogen (secondary N) is 1. The molecule has 3 rings (SSSR count). The molecule has 1 heterocycles. The smallest absolute Gasteiger partial charge is 0.270 e. The van der Waals surface area contributed by atoms with E-state index in [1.807, 2.05) is 36.5 Å². The SMILES string of the molecule is CN.CN=Cc1ccc(-c2cc3ccc(C(N)=[NH2+])cc3[nH]2)cc1. The Morgan fingerprint density at radius 3 is 2.39 bits per heavy atom. The lowest BCUT2D eigenvalue weighted by molar-refractivity contribution is -0.114. The number of hydrogen-bond donors (Lipinski definition) is 4. The predicted molar refractivity (Wildman–Crippen MR) is 97.6 cm³/mol. The van der Waals surface area contributed by atoms with E-state index in [0.29, 0.717) is 5.84 Å². The first-order chi connectivity index (χ1) is 11.2. The Balaban J connectivity index is 0.000000924. The average molecular weight is 308 g/mol. The van der Waals surface area contributed by atoms with Gasteiger partial charge in [0.25, 0.3) is 5.84 Å². The first kappa shape index (κ1) is 16.5. The molecule has 0 aliphatic rings. The third-order valence-electron chi connectivity index (χ3n) is 3.46. The summed E-state index contributed by atoms with van der Waals surface area (Å²) in [6.45, 7) is 0. The highest BCUT2D eigenvalue weighted by Crippen LogP contribution is 2.24. The predicted octanol–water partition coefficient (Wildman–Crippen LogP) is 0.923. The third kappa shape index (κ3) is 3.64. The second-order valence-electron chi connectivity index (χ2n) is 4.95. The summed E-state index contributed by atoms with van der Waals surface area (Å²) in [4.78, 5) is 7.41. The molecule has 0 fully saturated rings. The number of aromatic amines is 1. The van der Waals surface area contributed by atoms with Crippen LogP contribution in [0.25, 0.3) is 22.2 Å². The van der Waals surface area contributed by atoms with E-state index < -0.39 is 0 Å². The van der Waals surface area contributed by atoms with Gasteiger partial charge in [0.2, 0.25) is 0 Å². The molecule has 0 unspecified atom stereocenters. The lowest BCUT2D eigenvalue weighted by atomic mass is 10.1. The molecule has 0 spiro atoms. The van der Waals surface area contributed by atoms with Crippen LogP contribution in [-0.2, 0) is 0 Å². The van der Waals surface area contributed by atoms with Crippen LogP contribution in [0.5, 0.6) is 0 Å². The summed E-state index contributed by atoms with van der Waals surface area (Å²) in [6.07, 6.45) is 1.83. The van der Waals surface area contributed by atoms with Gasteiger partial charge in [-0.2, -0.15) is 0 Å². The average Bonchev–Trinajstić information content (AvgIpc) is 3.00. The van der Waals surface area contributed by atoms with Gasteiger partial charge >= 0.3 is 0 Å². The molecule has 5 heteroatoms. The Hall–Kier alpha value is -2.92. The van der Waals surface area contributed by atoms with Crippen LogP contribution >= 0.6 is 0 Å². The topological polar surface area (TPSA) is 106 Å². The van der Waals surface area contributed by atoms with Gasteiger partial charge in [0.1, 0.15) is 0 Å². The molecule has 0 atom stereocenters. The van der Waals surface area contributed by atoms with Crippen LogP contribution in [0, 0.1) is 0 Å². The van der Waals surface area contributed by atoms with Gasteiger partial charge in [0.05, 0.1) is 5.56 Å². The largest absolute Gasteiger partial charge is 0.355 e. The second-order valence-corrected chi connectivity index (χ2v) is 4.95. The van der Waals surface area contributed by atoms with Gasteiger partial charge in [0.15, 0.2) is 0 Å². The number of rotatable bonds is 3. The molecule has 1 aromatic heterocycles. The Kier molecular flexibility index (Phi) is 5.28. The molecule has 0 aliphatic carbocycles. The normalized spacial score (nSPS) is 10.6. The number of hydrogen-bond acceptors (Lipinski definition) is 2. The van der Waals surface area contributed by atoms with Crippen LogP contribution in [0.2, 0.25) is 0 Å². The van der Waals surface area contributed by atoms with Crippen molar-refractivity contribution >= 4 is 23.0 Å². The van der Waals surface area contributed by atoms with Gasteiger partial charge in [-0.25, -0.2) is 0 Å². The van der Waals surface area contributed by atoms with Crippen LogP contribution in [0.1, 0.15) is 11.1 Å². The summed E-state index contributed by atoms with van der Waals surface area (Å²) in [5, 5.41) is 6.77. The maximum absolute atomic E-state index is 5.64. The molecule has 0 radical (unpaired) electrons. The molecule has 0 aliphatic heterocycles. The summed E-state index contributed by atoms with van der Waals surface area (Å²) in [6, 6.07) is 16.3. The first-order valence-electron chi connectivity index (χ1n) is 7.29. The summed E-state index contributed by atoms with van der Waals surface area (Å²) >= 11 is 0. The fourth-order valence-electron chi connectivity index (χ4n) is 2.36. The summed E-state index contributed by atoms with van der Waals surface area (Å²) in [7, 11) is 3.27. The first-order valence-corrected chi connectivity index (χ1v) is 7.29. The minimum Gasteiger partial charge on any atom is -0.355 e. The van der Waals surface area contributed by atoms with Gasteiger partial charge in [-0.1, -0.05) is 30.3 Å². The van der Waals surface area contributed by atoms with E-state index in [1.54, 1.807) is 7.05 Å². The number of aromatic nitrogens is 1. The van der Waals surface area contributed by atoms with Gasteiger partial charge in [0, 0.05) is 29.9 Å². The monoisotopic (exact) mass is 308 g/mol. The zero-order chi connectivity index (χ0) is 16.8. The molecule has 7 N–H and O–H groups in total. The Morgan fingerprint density at radius 1 is 1.09 bits per heavy atom. The quantitative estimate of drug-likeness (QED) is 0.427. The van der Waals surface area contributed by atoms with Crippen LogP contribution in [0.4, 0.5) is 0 Å². The highest BCUT2D eigenvalue weighted by molar-refractivity contribution is 5.97. The number of benzene rings is 2. The van der Waals surface area contributed by atoms with Crippen LogP contribution in [-0.4, -0.2) is 31.1 Å². The van der Waals surface area contributed by atoms with Crippen LogP contribution in [0.15, 0.2) is 53.5 Å². The number of fused-ring (bicyclic) bond motifs is 1. The minimum absolute atomic E-state index is 0.330. The molecule has 0 amide bonds. The molecule has 0 bridgehead atoms. The highest BCUT2D eigenvalue weighted by Gasteiger charge is 2.07. The Morgan fingerprint density at radius 2 is 1.78 bits per heavy atom. The van der Waals surface area contributed by atoms with Gasteiger partial charge in [-0.05, 0) is 36.4 Å². The number of nitrogens with two attached hydrogens (primary N) is 3. The van der Waals surface area contributed by atoms with E-state index in [2.05, 4.69) is 33.9 Å². The molecule has 0 saturated carbocycles. The fraction of sp³-hybridized carbons (Fsp3) is 0.111. The van der Waals surface area contributed by atoms with Crippen molar-refractivity contribution in [3.05, 3.63) is 59.7 Å². The van der Waals surface area contributed by atoms with Crippen LogP contribution in [0.3, 0.4) is 0 Å². The van der Waals surface area contributed by atoms with E-state index >= 15 is 0 Å². The van der Waals surface area contributed by atoms with Gasteiger partial charge in [-0.15, -0.1) is 0 Å². The van der Waals surface area contributed by atoms with E-state index in [9.17, 15) is 0 Å². The maximum Gasteiger partial charge on any atom is 0.270 e. The van der Waals surface area contributed by atoms with E-state index in [-0.39, 0.29) is 0 Å². The summed E-state index contributed by atoms with van der Waals surface area (Å²) < 4.78 is 0. The Bertz CT molecular complexity index is 828. The van der Waals surface area contributed by atoms with Crippen molar-refractivity contribution in [3.8, 4) is 11.3 Å². The highest BCUT2D eigenvalue weighted by atomic mass is 14.7. The minimum atomic E-state index is 0.330. The zero-order valence-electron chi connectivity index (χ0n) is 13.4. The van der Waals surface area contributed by atoms with Crippen molar-refractivity contribution in [3.63, 3.8) is 0 Å². The van der Waals surface area contributed by atoms with Crippen molar-refractivity contribution in [1.82, 2.24) is 4.98 Å². The second kappa shape index (κ2) is 7.38. The lowest BCUT2D eigenvalue weighted by Gasteiger charge is -1.98. The van der Waals surface area contributed by atoms with Crippen molar-refractivity contribution in [2.45, 2.75) is 0 Å². The van der Waals surface area contributed by atoms with Gasteiger partial charge in [-0.3, -0.25) is 16.1 Å². The molecule has 3 aromatic rings. The Labute approximate surface area is 135 Å². The molecule has 23 heavy (non-hydrogen) atoms. The van der Waals surface area contributed by atoms with E-state index in [0.717, 1.165) is 33.3 Å². The third-order valence-corrected chi connectivity index (χ3v) is 3.46. The number of nitrogens with zero attached hydrogens (tertiary/aromatic N) is 1. The molecular weight excluding hydrogens is 286 g/mol. The van der Waals surface area contributed by atoms with E-state index in [1.165, 1.54) is 7.05 Å². The molecule has 118 valence electrons. The lowest BCUT2D eigenvalue weighted by Crippen LogP contribution is -2.46. The van der Waals surface area contributed by atoms with Crippen LogP contribution < -0.4 is 16.9 Å². The number of amidine groups is 1. The summed E-state index contributed by atoms with van der Waals surface area (Å²) in [5.74, 6) is 0.330. The van der Waals surface area contributed by atoms with E-state index in [4.69, 9.17) is 11.1 Å². The number of H-pyrrole nitrogens is 1. The van der Waals surface area contributed by atoms with Crippen molar-refractivity contribution < 1.29 is 5.41 Å². The summed E-state index contributed by atoms with van der Waals surface area (Å²) in [5.41, 5.74) is 15.3. The molecule has 2 aromatic carbocycles. The maximum atomic E-state index is 5.64. The zero-order valence-corrected chi connectivity index (χ0v) is 13.4. The number of aliphatic imine (C=N–C) groups is 1. The molecule has 0 saturated heterocycles. The van der Waals surface area contributed by atoms with Crippen molar-refractivity contribution in [2.75, 3.05) is 14.1 Å². The molecular formula is C18H22N5+.